The topological polar surface area (TPSA) is 53.1 Å². The van der Waals surface area contributed by atoms with E-state index < -0.39 is 0 Å². The number of nitrogen functional groups attached to an aromatic ring is 1. The van der Waals surface area contributed by atoms with E-state index in [-0.39, 0.29) is 5.84 Å². The highest BCUT2D eigenvalue weighted by atomic mass is 15.2. The van der Waals surface area contributed by atoms with Gasteiger partial charge in [-0.1, -0.05) is 18.6 Å². The molecule has 3 nitrogen and oxygen atoms in total. The smallest absolute Gasteiger partial charge is 0.124 e. The van der Waals surface area contributed by atoms with E-state index in [1.807, 2.05) is 13.0 Å². The second-order valence-corrected chi connectivity index (χ2v) is 4.83. The Labute approximate surface area is 103 Å². The lowest BCUT2D eigenvalue weighted by Gasteiger charge is -2.28. The highest BCUT2D eigenvalue weighted by molar-refractivity contribution is 6.00. The van der Waals surface area contributed by atoms with Crippen LogP contribution in [0.1, 0.15) is 37.3 Å². The molecule has 1 heterocycles. The van der Waals surface area contributed by atoms with E-state index in [1.165, 1.54) is 12.8 Å². The van der Waals surface area contributed by atoms with Crippen LogP contribution in [0.15, 0.2) is 18.2 Å². The van der Waals surface area contributed by atoms with Crippen LogP contribution >= 0.6 is 0 Å². The summed E-state index contributed by atoms with van der Waals surface area (Å²) in [6, 6.07) is 6.84. The Kier molecular flexibility index (Phi) is 3.36. The molecular weight excluding hydrogens is 210 g/mol. The van der Waals surface area contributed by atoms with E-state index in [9.17, 15) is 0 Å². The maximum Gasteiger partial charge on any atom is 0.124 e. The summed E-state index contributed by atoms with van der Waals surface area (Å²) in [7, 11) is 0. The molecule has 0 saturated carbocycles. The van der Waals surface area contributed by atoms with Crippen LogP contribution in [0.2, 0.25) is 0 Å². The van der Waals surface area contributed by atoms with Crippen molar-refractivity contribution in [2.24, 2.45) is 5.73 Å². The molecular formula is C14H21N3. The van der Waals surface area contributed by atoms with Gasteiger partial charge < -0.3 is 10.6 Å². The number of rotatable bonds is 3. The predicted molar refractivity (Wildman–Crippen MR) is 72.9 cm³/mol. The van der Waals surface area contributed by atoms with Gasteiger partial charge in [-0.2, -0.15) is 0 Å². The average molecular weight is 231 g/mol. The van der Waals surface area contributed by atoms with Crippen molar-refractivity contribution in [3.05, 3.63) is 29.3 Å². The summed E-state index contributed by atoms with van der Waals surface area (Å²) >= 11 is 0. The lowest BCUT2D eigenvalue weighted by Crippen LogP contribution is -2.30. The molecule has 1 aliphatic heterocycles. The SMILES string of the molecule is CCC1CCCN1c1ccc(C)cc1C(=N)N. The van der Waals surface area contributed by atoms with Gasteiger partial charge in [0.2, 0.25) is 0 Å². The van der Waals surface area contributed by atoms with Crippen LogP contribution in [0.5, 0.6) is 0 Å². The molecule has 3 N–H and O–H groups in total. The predicted octanol–water partition coefficient (Wildman–Crippen LogP) is 2.66. The van der Waals surface area contributed by atoms with E-state index in [1.54, 1.807) is 0 Å². The van der Waals surface area contributed by atoms with Gasteiger partial charge >= 0.3 is 0 Å². The fourth-order valence-electron chi connectivity index (χ4n) is 2.69. The van der Waals surface area contributed by atoms with Gasteiger partial charge in [0.25, 0.3) is 0 Å². The number of nitrogens with two attached hydrogens (primary N) is 1. The molecule has 3 heteroatoms. The molecule has 1 aromatic rings. The maximum atomic E-state index is 7.71. The van der Waals surface area contributed by atoms with E-state index >= 15 is 0 Å². The monoisotopic (exact) mass is 231 g/mol. The van der Waals surface area contributed by atoms with E-state index in [0.29, 0.717) is 6.04 Å². The summed E-state index contributed by atoms with van der Waals surface area (Å²) in [5, 5.41) is 7.71. The highest BCUT2D eigenvalue weighted by Crippen LogP contribution is 2.30. The molecule has 1 atom stereocenters. The molecule has 2 rings (SSSR count). The van der Waals surface area contributed by atoms with Crippen molar-refractivity contribution in [3.8, 4) is 0 Å². The third kappa shape index (κ3) is 2.28. The van der Waals surface area contributed by atoms with Gasteiger partial charge in [0, 0.05) is 23.8 Å². The third-order valence-electron chi connectivity index (χ3n) is 3.60. The first-order chi connectivity index (χ1) is 8.13. The number of benzene rings is 1. The van der Waals surface area contributed by atoms with Gasteiger partial charge in [0.05, 0.1) is 0 Å². The van der Waals surface area contributed by atoms with Crippen molar-refractivity contribution in [1.29, 1.82) is 5.41 Å². The van der Waals surface area contributed by atoms with Gasteiger partial charge in [-0.05, 0) is 38.3 Å². The summed E-state index contributed by atoms with van der Waals surface area (Å²) < 4.78 is 0. The van der Waals surface area contributed by atoms with Gasteiger partial charge in [-0.25, -0.2) is 0 Å². The Morgan fingerprint density at radius 1 is 1.53 bits per heavy atom. The van der Waals surface area contributed by atoms with Gasteiger partial charge in [-0.3, -0.25) is 5.41 Å². The largest absolute Gasteiger partial charge is 0.384 e. The highest BCUT2D eigenvalue weighted by Gasteiger charge is 2.25. The minimum atomic E-state index is 0.172. The second-order valence-electron chi connectivity index (χ2n) is 4.83. The number of aryl methyl sites for hydroxylation is 1. The first-order valence-electron chi connectivity index (χ1n) is 6.35. The number of amidine groups is 1. The lowest BCUT2D eigenvalue weighted by molar-refractivity contribution is 0.645. The first kappa shape index (κ1) is 12.0. The third-order valence-corrected chi connectivity index (χ3v) is 3.60. The molecule has 1 aromatic carbocycles. The number of hydrogen-bond donors (Lipinski definition) is 2. The zero-order chi connectivity index (χ0) is 12.4. The van der Waals surface area contributed by atoms with Crippen LogP contribution in [-0.2, 0) is 0 Å². The summed E-state index contributed by atoms with van der Waals surface area (Å²) in [4.78, 5) is 2.41. The Hall–Kier alpha value is -1.51. The molecule has 1 saturated heterocycles. The second kappa shape index (κ2) is 4.78. The maximum absolute atomic E-state index is 7.71. The lowest BCUT2D eigenvalue weighted by atomic mass is 10.1. The zero-order valence-electron chi connectivity index (χ0n) is 10.7. The minimum Gasteiger partial charge on any atom is -0.384 e. The normalized spacial score (nSPS) is 19.6. The number of hydrogen-bond acceptors (Lipinski definition) is 2. The molecule has 0 aromatic heterocycles. The first-order valence-corrected chi connectivity index (χ1v) is 6.35. The number of nitrogens with zero attached hydrogens (tertiary/aromatic N) is 1. The van der Waals surface area contributed by atoms with E-state index in [0.717, 1.165) is 29.8 Å². The van der Waals surface area contributed by atoms with Gasteiger partial charge in [0.15, 0.2) is 0 Å². The Bertz CT molecular complexity index is 425. The Morgan fingerprint density at radius 3 is 2.94 bits per heavy atom. The molecule has 1 aliphatic rings. The van der Waals surface area contributed by atoms with Crippen molar-refractivity contribution in [1.82, 2.24) is 0 Å². The van der Waals surface area contributed by atoms with E-state index in [4.69, 9.17) is 11.1 Å². The molecule has 1 fully saturated rings. The quantitative estimate of drug-likeness (QED) is 0.620. The average Bonchev–Trinajstić information content (AvgIpc) is 2.76. The standard InChI is InChI=1S/C14H21N3/c1-3-11-5-4-8-17(11)13-7-6-10(2)9-12(13)14(15)16/h6-7,9,11H,3-5,8H2,1-2H3,(H3,15,16). The van der Waals surface area contributed by atoms with Crippen LogP contribution in [0, 0.1) is 12.3 Å². The molecule has 0 aliphatic carbocycles. The van der Waals surface area contributed by atoms with Crippen molar-refractivity contribution < 1.29 is 0 Å². The number of nitrogens with one attached hydrogen (secondary N) is 1. The van der Waals surface area contributed by atoms with Crippen molar-refractivity contribution in [3.63, 3.8) is 0 Å². The van der Waals surface area contributed by atoms with Crippen molar-refractivity contribution >= 4 is 11.5 Å². The van der Waals surface area contributed by atoms with Crippen LogP contribution < -0.4 is 10.6 Å². The molecule has 17 heavy (non-hydrogen) atoms. The van der Waals surface area contributed by atoms with Gasteiger partial charge in [-0.15, -0.1) is 0 Å². The summed E-state index contributed by atoms with van der Waals surface area (Å²) in [6.07, 6.45) is 3.65. The molecule has 0 amide bonds. The van der Waals surface area contributed by atoms with Crippen LogP contribution in [0.4, 0.5) is 5.69 Å². The summed E-state index contributed by atoms with van der Waals surface area (Å²) in [6.45, 7) is 5.35. The molecule has 0 bridgehead atoms. The van der Waals surface area contributed by atoms with Crippen molar-refractivity contribution in [2.45, 2.75) is 39.2 Å². The zero-order valence-corrected chi connectivity index (χ0v) is 10.7. The summed E-state index contributed by atoms with van der Waals surface area (Å²) in [5.41, 5.74) is 8.86. The fraction of sp³-hybridized carbons (Fsp3) is 0.500. The van der Waals surface area contributed by atoms with Crippen LogP contribution in [0.25, 0.3) is 0 Å². The van der Waals surface area contributed by atoms with Crippen LogP contribution in [-0.4, -0.2) is 18.4 Å². The molecule has 1 unspecified atom stereocenters. The molecule has 0 radical (unpaired) electrons. The Balaban J connectivity index is 2.40. The molecule has 92 valence electrons. The number of anilines is 1. The Morgan fingerprint density at radius 2 is 2.29 bits per heavy atom. The van der Waals surface area contributed by atoms with E-state index in [2.05, 4.69) is 24.0 Å². The van der Waals surface area contributed by atoms with Crippen LogP contribution in [0.3, 0.4) is 0 Å². The minimum absolute atomic E-state index is 0.172. The summed E-state index contributed by atoms with van der Waals surface area (Å²) in [5.74, 6) is 0.172. The van der Waals surface area contributed by atoms with Gasteiger partial charge in [0.1, 0.15) is 5.84 Å². The fourth-order valence-corrected chi connectivity index (χ4v) is 2.69. The molecule has 0 spiro atoms. The van der Waals surface area contributed by atoms with Crippen molar-refractivity contribution in [2.75, 3.05) is 11.4 Å².